The van der Waals surface area contributed by atoms with Crippen LogP contribution in [0.2, 0.25) is 0 Å². The zero-order chi connectivity index (χ0) is 20.0. The number of amides is 3. The Morgan fingerprint density at radius 2 is 1.79 bits per heavy atom. The van der Waals surface area contributed by atoms with Gasteiger partial charge in [0, 0.05) is 12.2 Å². The molecular formula is C21H27ClN4O3. The smallest absolute Gasteiger partial charge is 0.315 e. The number of rotatable bonds is 6. The lowest BCUT2D eigenvalue weighted by Crippen LogP contribution is -2.57. The van der Waals surface area contributed by atoms with Gasteiger partial charge in [0.15, 0.2) is 0 Å². The fraction of sp³-hybridized carbons (Fsp3) is 0.333. The summed E-state index contributed by atoms with van der Waals surface area (Å²) in [5.74, 6) is 0.316. The van der Waals surface area contributed by atoms with Crippen molar-refractivity contribution in [3.63, 3.8) is 0 Å². The second kappa shape index (κ2) is 10.0. The maximum atomic E-state index is 13.0. The molecule has 5 N–H and O–H groups in total. The number of carbonyl (C=O) groups excluding carboxylic acids is 2. The summed E-state index contributed by atoms with van der Waals surface area (Å²) in [6.07, 6.45) is 2.97. The van der Waals surface area contributed by atoms with Crippen LogP contribution in [0.5, 0.6) is 5.75 Å². The number of nitrogens with two attached hydrogens (primary N) is 1. The molecule has 0 aliphatic heterocycles. The van der Waals surface area contributed by atoms with Crippen LogP contribution < -0.4 is 26.4 Å². The van der Waals surface area contributed by atoms with E-state index in [1.165, 1.54) is 7.11 Å². The number of benzene rings is 2. The van der Waals surface area contributed by atoms with Gasteiger partial charge in [-0.1, -0.05) is 43.2 Å². The van der Waals surface area contributed by atoms with Gasteiger partial charge in [-0.05, 0) is 36.6 Å². The number of carbonyl (C=O) groups is 2. The van der Waals surface area contributed by atoms with Gasteiger partial charge >= 0.3 is 6.03 Å². The number of methoxy groups -OCH3 is 1. The monoisotopic (exact) mass is 418 g/mol. The standard InChI is InChI=1S/C21H26N4O3.ClH/c1-28-18-10-9-16(13-17(18)22)24-19(26)21(11-5-6-12-21)25-20(27)23-14-15-7-3-2-4-8-15;/h2-4,7-10,13H,5-6,11-12,14,22H2,1H3,(H,24,26)(H2,23,25,27);1H. The van der Waals surface area contributed by atoms with E-state index < -0.39 is 5.54 Å². The zero-order valence-corrected chi connectivity index (χ0v) is 17.2. The first-order valence-corrected chi connectivity index (χ1v) is 9.37. The Hall–Kier alpha value is -2.93. The molecule has 0 spiro atoms. The average molecular weight is 419 g/mol. The molecular weight excluding hydrogens is 392 g/mol. The molecule has 2 aromatic carbocycles. The third-order valence-corrected chi connectivity index (χ3v) is 5.03. The summed E-state index contributed by atoms with van der Waals surface area (Å²) in [4.78, 5) is 25.4. The van der Waals surface area contributed by atoms with E-state index in [4.69, 9.17) is 10.5 Å². The first-order chi connectivity index (χ1) is 13.5. The van der Waals surface area contributed by atoms with Gasteiger partial charge in [-0.25, -0.2) is 4.79 Å². The molecule has 1 fully saturated rings. The maximum absolute atomic E-state index is 13.0. The maximum Gasteiger partial charge on any atom is 0.315 e. The average Bonchev–Trinajstić information content (AvgIpc) is 3.17. The van der Waals surface area contributed by atoms with Gasteiger partial charge in [0.05, 0.1) is 12.8 Å². The summed E-state index contributed by atoms with van der Waals surface area (Å²) in [5.41, 5.74) is 7.00. The highest BCUT2D eigenvalue weighted by Gasteiger charge is 2.42. The minimum absolute atomic E-state index is 0. The van der Waals surface area contributed by atoms with Crippen molar-refractivity contribution in [2.24, 2.45) is 0 Å². The molecule has 7 nitrogen and oxygen atoms in total. The minimum Gasteiger partial charge on any atom is -0.495 e. The molecule has 0 bridgehead atoms. The number of hydrogen-bond donors (Lipinski definition) is 4. The summed E-state index contributed by atoms with van der Waals surface area (Å²) in [6, 6.07) is 14.4. The topological polar surface area (TPSA) is 105 Å². The van der Waals surface area contributed by atoms with Gasteiger partial charge in [-0.2, -0.15) is 0 Å². The summed E-state index contributed by atoms with van der Waals surface area (Å²) < 4.78 is 5.14. The second-order valence-corrected chi connectivity index (χ2v) is 6.99. The lowest BCUT2D eigenvalue weighted by Gasteiger charge is -2.29. The number of nitrogen functional groups attached to an aromatic ring is 1. The Labute approximate surface area is 176 Å². The highest BCUT2D eigenvalue weighted by molar-refractivity contribution is 6.01. The van der Waals surface area contributed by atoms with Crippen LogP contribution >= 0.6 is 12.4 Å². The first kappa shape index (κ1) is 22.4. The predicted octanol–water partition coefficient (Wildman–Crippen LogP) is 3.45. The van der Waals surface area contributed by atoms with Crippen LogP contribution in [0.15, 0.2) is 48.5 Å². The molecule has 0 heterocycles. The van der Waals surface area contributed by atoms with Crippen molar-refractivity contribution < 1.29 is 14.3 Å². The molecule has 0 atom stereocenters. The van der Waals surface area contributed by atoms with Crippen LogP contribution in [0, 0.1) is 0 Å². The van der Waals surface area contributed by atoms with E-state index in [9.17, 15) is 9.59 Å². The van der Waals surface area contributed by atoms with Gasteiger partial charge in [-0.15, -0.1) is 12.4 Å². The predicted molar refractivity (Wildman–Crippen MR) is 116 cm³/mol. The quantitative estimate of drug-likeness (QED) is 0.539. The molecule has 1 aliphatic carbocycles. The Bertz CT molecular complexity index is 839. The largest absolute Gasteiger partial charge is 0.495 e. The molecule has 1 saturated carbocycles. The molecule has 2 aromatic rings. The van der Waals surface area contributed by atoms with Gasteiger partial charge in [0.1, 0.15) is 11.3 Å². The van der Waals surface area contributed by atoms with E-state index in [0.29, 0.717) is 36.5 Å². The van der Waals surface area contributed by atoms with Crippen LogP contribution in [0.1, 0.15) is 31.2 Å². The van der Waals surface area contributed by atoms with Crippen molar-refractivity contribution >= 4 is 35.7 Å². The van der Waals surface area contributed by atoms with Crippen molar-refractivity contribution in [1.82, 2.24) is 10.6 Å². The van der Waals surface area contributed by atoms with E-state index in [-0.39, 0.29) is 24.3 Å². The SMILES string of the molecule is COc1ccc(NC(=O)C2(NC(=O)NCc3ccccc3)CCCC2)cc1N.Cl. The third-order valence-electron chi connectivity index (χ3n) is 5.03. The second-order valence-electron chi connectivity index (χ2n) is 6.99. The Balaban J connectivity index is 0.00000300. The van der Waals surface area contributed by atoms with E-state index in [2.05, 4.69) is 16.0 Å². The molecule has 1 aliphatic rings. The number of ether oxygens (including phenoxy) is 1. The summed E-state index contributed by atoms with van der Waals surface area (Å²) in [7, 11) is 1.54. The summed E-state index contributed by atoms with van der Waals surface area (Å²) in [6.45, 7) is 0.402. The van der Waals surface area contributed by atoms with Crippen LogP contribution in [-0.4, -0.2) is 24.6 Å². The number of hydrogen-bond acceptors (Lipinski definition) is 4. The van der Waals surface area contributed by atoms with Crippen molar-refractivity contribution in [3.05, 3.63) is 54.1 Å². The normalized spacial score (nSPS) is 14.4. The number of nitrogens with one attached hydrogen (secondary N) is 3. The molecule has 3 amide bonds. The van der Waals surface area contributed by atoms with E-state index in [0.717, 1.165) is 18.4 Å². The Morgan fingerprint density at radius 1 is 1.10 bits per heavy atom. The molecule has 29 heavy (non-hydrogen) atoms. The third kappa shape index (κ3) is 5.54. The lowest BCUT2D eigenvalue weighted by atomic mass is 9.96. The number of halogens is 1. The van der Waals surface area contributed by atoms with Crippen molar-refractivity contribution in [3.8, 4) is 5.75 Å². The van der Waals surface area contributed by atoms with Crippen LogP contribution in [0.25, 0.3) is 0 Å². The van der Waals surface area contributed by atoms with Crippen LogP contribution in [-0.2, 0) is 11.3 Å². The molecule has 156 valence electrons. The summed E-state index contributed by atoms with van der Waals surface area (Å²) >= 11 is 0. The fourth-order valence-electron chi connectivity index (χ4n) is 3.49. The lowest BCUT2D eigenvalue weighted by molar-refractivity contribution is -0.121. The van der Waals surface area contributed by atoms with Crippen molar-refractivity contribution in [2.75, 3.05) is 18.2 Å². The molecule has 0 aromatic heterocycles. The molecule has 8 heteroatoms. The Kier molecular flexibility index (Phi) is 7.73. The van der Waals surface area contributed by atoms with E-state index in [1.54, 1.807) is 18.2 Å². The minimum atomic E-state index is -0.921. The number of urea groups is 1. The molecule has 0 radical (unpaired) electrons. The van der Waals surface area contributed by atoms with Gasteiger partial charge in [-0.3, -0.25) is 4.79 Å². The van der Waals surface area contributed by atoms with Gasteiger partial charge in [0.2, 0.25) is 5.91 Å². The van der Waals surface area contributed by atoms with E-state index >= 15 is 0 Å². The Morgan fingerprint density at radius 3 is 2.41 bits per heavy atom. The molecule has 0 unspecified atom stereocenters. The highest BCUT2D eigenvalue weighted by Crippen LogP contribution is 2.32. The van der Waals surface area contributed by atoms with Crippen molar-refractivity contribution in [1.29, 1.82) is 0 Å². The first-order valence-electron chi connectivity index (χ1n) is 9.37. The number of anilines is 2. The molecule has 3 rings (SSSR count). The summed E-state index contributed by atoms with van der Waals surface area (Å²) in [5, 5.41) is 8.61. The highest BCUT2D eigenvalue weighted by atomic mass is 35.5. The zero-order valence-electron chi connectivity index (χ0n) is 16.4. The van der Waals surface area contributed by atoms with Crippen LogP contribution in [0.3, 0.4) is 0 Å². The fourth-order valence-corrected chi connectivity index (χ4v) is 3.49. The van der Waals surface area contributed by atoms with Gasteiger partial charge < -0.3 is 26.4 Å². The molecule has 0 saturated heterocycles. The van der Waals surface area contributed by atoms with Crippen LogP contribution in [0.4, 0.5) is 16.2 Å². The van der Waals surface area contributed by atoms with Gasteiger partial charge in [0.25, 0.3) is 0 Å². The van der Waals surface area contributed by atoms with E-state index in [1.807, 2.05) is 30.3 Å². The van der Waals surface area contributed by atoms with Crippen molar-refractivity contribution in [2.45, 2.75) is 37.8 Å².